The second-order valence-electron chi connectivity index (χ2n) is 5.62. The molecule has 0 spiro atoms. The minimum atomic E-state index is 0.354. The summed E-state index contributed by atoms with van der Waals surface area (Å²) >= 11 is 0. The second kappa shape index (κ2) is 4.46. The predicted molar refractivity (Wildman–Crippen MR) is 73.4 cm³/mol. The first-order chi connectivity index (χ1) is 9.16. The van der Waals surface area contributed by atoms with E-state index < -0.39 is 0 Å². The van der Waals surface area contributed by atoms with Crippen molar-refractivity contribution >= 4 is 0 Å². The fourth-order valence-corrected chi connectivity index (χ4v) is 2.47. The van der Waals surface area contributed by atoms with Gasteiger partial charge in [0.2, 0.25) is 11.7 Å². The maximum Gasteiger partial charge on any atom is 0.230 e. The lowest BCUT2D eigenvalue weighted by molar-refractivity contribution is 0.362. The van der Waals surface area contributed by atoms with Crippen LogP contribution in [0.15, 0.2) is 28.8 Å². The van der Waals surface area contributed by atoms with E-state index in [4.69, 9.17) is 10.3 Å². The van der Waals surface area contributed by atoms with Crippen LogP contribution in [0.2, 0.25) is 0 Å². The molecule has 1 aliphatic carbocycles. The largest absolute Gasteiger partial charge is 0.339 e. The normalized spacial score (nSPS) is 25.5. The fraction of sp³-hybridized carbons (Fsp3) is 0.467. The van der Waals surface area contributed by atoms with Gasteiger partial charge in [0.05, 0.1) is 0 Å². The molecule has 3 rings (SSSR count). The molecule has 4 heteroatoms. The van der Waals surface area contributed by atoms with Crippen molar-refractivity contribution in [3.8, 4) is 11.4 Å². The first-order valence-electron chi connectivity index (χ1n) is 6.79. The number of hydrogen-bond donors (Lipinski definition) is 1. The average Bonchev–Trinajstić information content (AvgIpc) is 2.92. The molecule has 0 bridgehead atoms. The van der Waals surface area contributed by atoms with E-state index in [1.54, 1.807) is 0 Å². The third-order valence-electron chi connectivity index (χ3n) is 4.35. The lowest BCUT2D eigenvalue weighted by Gasteiger charge is -2.02. The van der Waals surface area contributed by atoms with Crippen molar-refractivity contribution in [2.45, 2.75) is 39.2 Å². The average molecular weight is 257 g/mol. The lowest BCUT2D eigenvalue weighted by Crippen LogP contribution is -1.95. The summed E-state index contributed by atoms with van der Waals surface area (Å²) in [6.45, 7) is 5.04. The molecule has 100 valence electrons. The Morgan fingerprint density at radius 1 is 1.37 bits per heavy atom. The molecule has 2 aromatic rings. The number of rotatable bonds is 4. The van der Waals surface area contributed by atoms with E-state index >= 15 is 0 Å². The van der Waals surface area contributed by atoms with Gasteiger partial charge in [0.1, 0.15) is 0 Å². The number of nitrogens with zero attached hydrogens (tertiary/aromatic N) is 2. The van der Waals surface area contributed by atoms with Gasteiger partial charge < -0.3 is 10.3 Å². The van der Waals surface area contributed by atoms with E-state index in [0.29, 0.717) is 23.7 Å². The molecule has 1 heterocycles. The Hall–Kier alpha value is -1.68. The van der Waals surface area contributed by atoms with Gasteiger partial charge in [-0.2, -0.15) is 4.98 Å². The van der Waals surface area contributed by atoms with Crippen molar-refractivity contribution in [3.05, 3.63) is 35.7 Å². The summed E-state index contributed by atoms with van der Waals surface area (Å²) in [6, 6.07) is 7.97. The van der Waals surface area contributed by atoms with Gasteiger partial charge >= 0.3 is 0 Å². The quantitative estimate of drug-likeness (QED) is 0.914. The molecule has 2 N–H and O–H groups in total. The molecule has 1 saturated carbocycles. The summed E-state index contributed by atoms with van der Waals surface area (Å²) in [7, 11) is 0. The summed E-state index contributed by atoms with van der Waals surface area (Å²) in [4.78, 5) is 4.53. The van der Waals surface area contributed by atoms with Crippen molar-refractivity contribution in [2.24, 2.45) is 11.1 Å². The second-order valence-corrected chi connectivity index (χ2v) is 5.62. The van der Waals surface area contributed by atoms with Gasteiger partial charge in [-0.1, -0.05) is 43.3 Å². The van der Waals surface area contributed by atoms with Crippen LogP contribution in [0.25, 0.3) is 11.4 Å². The Balaban J connectivity index is 1.81. The highest BCUT2D eigenvalue weighted by molar-refractivity contribution is 5.54. The van der Waals surface area contributed by atoms with Crippen LogP contribution in [0.3, 0.4) is 0 Å². The maximum atomic E-state index is 5.59. The van der Waals surface area contributed by atoms with Gasteiger partial charge in [0.25, 0.3) is 0 Å². The molecule has 4 nitrogen and oxygen atoms in total. The maximum absolute atomic E-state index is 5.59. The zero-order chi connectivity index (χ0) is 13.5. The monoisotopic (exact) mass is 257 g/mol. The summed E-state index contributed by atoms with van der Waals surface area (Å²) in [5, 5.41) is 4.09. The van der Waals surface area contributed by atoms with E-state index in [-0.39, 0.29) is 0 Å². The molecule has 1 aromatic heterocycles. The molecule has 2 atom stereocenters. The van der Waals surface area contributed by atoms with Crippen LogP contribution in [0.1, 0.15) is 44.1 Å². The van der Waals surface area contributed by atoms with Gasteiger partial charge in [-0.05, 0) is 23.8 Å². The zero-order valence-corrected chi connectivity index (χ0v) is 11.4. The van der Waals surface area contributed by atoms with E-state index in [1.807, 2.05) is 24.3 Å². The van der Waals surface area contributed by atoms with Gasteiger partial charge in [-0.15, -0.1) is 0 Å². The fourth-order valence-electron chi connectivity index (χ4n) is 2.47. The number of nitrogens with two attached hydrogens (primary N) is 1. The van der Waals surface area contributed by atoms with Crippen LogP contribution in [0.5, 0.6) is 0 Å². The highest BCUT2D eigenvalue weighted by Crippen LogP contribution is 2.60. The van der Waals surface area contributed by atoms with Crippen molar-refractivity contribution in [1.29, 1.82) is 0 Å². The summed E-state index contributed by atoms with van der Waals surface area (Å²) < 4.78 is 5.41. The van der Waals surface area contributed by atoms with E-state index in [2.05, 4.69) is 24.0 Å². The van der Waals surface area contributed by atoms with Crippen LogP contribution in [-0.2, 0) is 6.54 Å². The first kappa shape index (κ1) is 12.4. The summed E-state index contributed by atoms with van der Waals surface area (Å²) in [5.41, 5.74) is 8.02. The molecular formula is C15H19N3O. The van der Waals surface area contributed by atoms with Gasteiger partial charge in [0, 0.05) is 18.0 Å². The SMILES string of the molecule is CCC1(C)CC1c1nc(-c2ccc(CN)cc2)no1. The zero-order valence-electron chi connectivity index (χ0n) is 11.4. The van der Waals surface area contributed by atoms with E-state index in [1.165, 1.54) is 0 Å². The molecular weight excluding hydrogens is 238 g/mol. The van der Waals surface area contributed by atoms with Crippen LogP contribution < -0.4 is 5.73 Å². The molecule has 1 aliphatic rings. The van der Waals surface area contributed by atoms with Crippen molar-refractivity contribution in [3.63, 3.8) is 0 Å². The number of hydrogen-bond acceptors (Lipinski definition) is 4. The van der Waals surface area contributed by atoms with Crippen molar-refractivity contribution in [2.75, 3.05) is 0 Å². The van der Waals surface area contributed by atoms with Gasteiger partial charge in [-0.25, -0.2) is 0 Å². The Bertz CT molecular complexity index is 575. The minimum absolute atomic E-state index is 0.354. The van der Waals surface area contributed by atoms with E-state index in [0.717, 1.165) is 29.9 Å². The standard InChI is InChI=1S/C15H19N3O/c1-3-15(2)8-12(15)14-17-13(18-19-14)11-6-4-10(9-16)5-7-11/h4-7,12H,3,8-9,16H2,1-2H3. The molecule has 2 unspecified atom stereocenters. The summed E-state index contributed by atoms with van der Waals surface area (Å²) in [5.74, 6) is 1.88. The predicted octanol–water partition coefficient (Wildman–Crippen LogP) is 3.10. The molecule has 19 heavy (non-hydrogen) atoms. The van der Waals surface area contributed by atoms with Crippen molar-refractivity contribution in [1.82, 2.24) is 10.1 Å². The van der Waals surface area contributed by atoms with E-state index in [9.17, 15) is 0 Å². The molecule has 1 aromatic carbocycles. The topological polar surface area (TPSA) is 64.9 Å². The molecule has 0 aliphatic heterocycles. The third-order valence-corrected chi connectivity index (χ3v) is 4.35. The summed E-state index contributed by atoms with van der Waals surface area (Å²) in [6.07, 6.45) is 2.30. The number of aromatic nitrogens is 2. The third kappa shape index (κ3) is 2.16. The van der Waals surface area contributed by atoms with Crippen LogP contribution in [0, 0.1) is 5.41 Å². The van der Waals surface area contributed by atoms with Crippen LogP contribution in [0.4, 0.5) is 0 Å². The highest BCUT2D eigenvalue weighted by atomic mass is 16.5. The number of benzene rings is 1. The minimum Gasteiger partial charge on any atom is -0.339 e. The molecule has 0 amide bonds. The Kier molecular flexibility index (Phi) is 2.90. The van der Waals surface area contributed by atoms with Gasteiger partial charge in [-0.3, -0.25) is 0 Å². The lowest BCUT2D eigenvalue weighted by atomic mass is 10.0. The van der Waals surface area contributed by atoms with Crippen molar-refractivity contribution < 1.29 is 4.52 Å². The molecule has 0 saturated heterocycles. The first-order valence-corrected chi connectivity index (χ1v) is 6.79. The van der Waals surface area contributed by atoms with Gasteiger partial charge in [0.15, 0.2) is 0 Å². The molecule has 1 fully saturated rings. The van der Waals surface area contributed by atoms with Crippen LogP contribution in [-0.4, -0.2) is 10.1 Å². The highest BCUT2D eigenvalue weighted by Gasteiger charge is 2.52. The smallest absolute Gasteiger partial charge is 0.230 e. The molecule has 0 radical (unpaired) electrons. The Labute approximate surface area is 113 Å². The Morgan fingerprint density at radius 3 is 2.68 bits per heavy atom. The Morgan fingerprint density at radius 2 is 2.11 bits per heavy atom. The van der Waals surface area contributed by atoms with Crippen LogP contribution >= 0.6 is 0 Å².